The second kappa shape index (κ2) is 8.67. The monoisotopic (exact) mass is 398 g/mol. The number of carbonyl (C=O) groups excluding carboxylic acids is 1. The lowest BCUT2D eigenvalue weighted by Crippen LogP contribution is -2.27. The minimum Gasteiger partial charge on any atom is -0.354 e. The number of nitrogens with zero attached hydrogens (tertiary/aromatic N) is 4. The summed E-state index contributed by atoms with van der Waals surface area (Å²) in [4.78, 5) is 21.1. The van der Waals surface area contributed by atoms with Crippen LogP contribution in [0, 0.1) is 0 Å². The van der Waals surface area contributed by atoms with Gasteiger partial charge < -0.3 is 10.6 Å². The second-order valence-electron chi connectivity index (χ2n) is 7.01. The van der Waals surface area contributed by atoms with Gasteiger partial charge in [0.2, 0.25) is 5.91 Å². The fourth-order valence-corrected chi connectivity index (χ4v) is 3.80. The summed E-state index contributed by atoms with van der Waals surface area (Å²) in [6.07, 6.45) is 5.54. The minimum atomic E-state index is 0.0164. The quantitative estimate of drug-likeness (QED) is 0.638. The van der Waals surface area contributed by atoms with Gasteiger partial charge in [-0.05, 0) is 37.1 Å². The molecule has 8 heteroatoms. The predicted octanol–water partition coefficient (Wildman–Crippen LogP) is 2.31. The van der Waals surface area contributed by atoms with Crippen LogP contribution in [-0.2, 0) is 17.8 Å². The van der Waals surface area contributed by atoms with Crippen molar-refractivity contribution >= 4 is 28.7 Å². The molecule has 0 spiro atoms. The van der Waals surface area contributed by atoms with Gasteiger partial charge in [0.1, 0.15) is 5.52 Å². The number of hydrogen-bond acceptors (Lipinski definition) is 5. The van der Waals surface area contributed by atoms with Gasteiger partial charge in [-0.3, -0.25) is 4.79 Å². The van der Waals surface area contributed by atoms with E-state index in [1.807, 2.05) is 28.9 Å². The van der Waals surface area contributed by atoms with Crippen LogP contribution in [0.25, 0.3) is 11.2 Å². The predicted molar refractivity (Wildman–Crippen MR) is 108 cm³/mol. The Balaban J connectivity index is 1.34. The molecule has 0 unspecified atom stereocenters. The molecule has 0 aliphatic carbocycles. The Bertz CT molecular complexity index is 966. The standard InChI is InChI=1S/C20H23ClN6O/c21-16-3-1-2-14(12-16)4-5-17(28)23-10-11-27-20-19(24-8-9-25-20)18(26-27)15-6-7-22-13-15/h1-3,8-9,12,15,22H,4-7,10-11,13H2,(H,23,28)/t15-/m1/s1. The highest BCUT2D eigenvalue weighted by molar-refractivity contribution is 6.30. The number of amides is 1. The van der Waals surface area contributed by atoms with Crippen molar-refractivity contribution in [2.75, 3.05) is 19.6 Å². The van der Waals surface area contributed by atoms with E-state index in [9.17, 15) is 4.79 Å². The van der Waals surface area contributed by atoms with E-state index >= 15 is 0 Å². The van der Waals surface area contributed by atoms with Crippen LogP contribution in [-0.4, -0.2) is 45.3 Å². The van der Waals surface area contributed by atoms with Crippen LogP contribution < -0.4 is 10.6 Å². The maximum absolute atomic E-state index is 12.2. The van der Waals surface area contributed by atoms with Crippen molar-refractivity contribution in [2.24, 2.45) is 0 Å². The molecule has 1 aliphatic heterocycles. The number of aryl methyl sites for hydroxylation is 1. The van der Waals surface area contributed by atoms with E-state index in [2.05, 4.69) is 20.6 Å². The average molecular weight is 399 g/mol. The Morgan fingerprint density at radius 3 is 3.04 bits per heavy atom. The first kappa shape index (κ1) is 18.8. The van der Waals surface area contributed by atoms with Gasteiger partial charge in [0.05, 0.1) is 12.2 Å². The number of hydrogen-bond donors (Lipinski definition) is 2. The molecule has 146 valence electrons. The van der Waals surface area contributed by atoms with Crippen LogP contribution in [0.1, 0.15) is 30.0 Å². The SMILES string of the molecule is O=C(CCc1cccc(Cl)c1)NCCn1nc([C@@H]2CCNC2)c2nccnc21. The van der Waals surface area contributed by atoms with E-state index in [1.165, 1.54) is 0 Å². The number of benzene rings is 1. The number of aromatic nitrogens is 4. The summed E-state index contributed by atoms with van der Waals surface area (Å²) < 4.78 is 1.85. The molecular formula is C20H23ClN6O. The van der Waals surface area contributed by atoms with Gasteiger partial charge in [0.15, 0.2) is 5.65 Å². The maximum Gasteiger partial charge on any atom is 0.220 e. The normalized spacial score (nSPS) is 16.5. The Kier molecular flexibility index (Phi) is 5.83. The molecule has 4 rings (SSSR count). The van der Waals surface area contributed by atoms with E-state index in [4.69, 9.17) is 16.7 Å². The molecule has 1 aliphatic rings. The van der Waals surface area contributed by atoms with Crippen molar-refractivity contribution in [3.8, 4) is 0 Å². The lowest BCUT2D eigenvalue weighted by molar-refractivity contribution is -0.121. The third-order valence-electron chi connectivity index (χ3n) is 5.02. The van der Waals surface area contributed by atoms with Gasteiger partial charge in [-0.15, -0.1) is 0 Å². The zero-order chi connectivity index (χ0) is 19.3. The maximum atomic E-state index is 12.2. The van der Waals surface area contributed by atoms with Crippen LogP contribution in [0.5, 0.6) is 0 Å². The zero-order valence-corrected chi connectivity index (χ0v) is 16.3. The van der Waals surface area contributed by atoms with Gasteiger partial charge in [0, 0.05) is 42.8 Å². The molecule has 2 N–H and O–H groups in total. The van der Waals surface area contributed by atoms with Crippen LogP contribution >= 0.6 is 11.6 Å². The summed E-state index contributed by atoms with van der Waals surface area (Å²) in [6.45, 7) is 2.99. The third kappa shape index (κ3) is 4.31. The molecule has 3 aromatic rings. The van der Waals surface area contributed by atoms with Gasteiger partial charge in [0.25, 0.3) is 0 Å². The summed E-state index contributed by atoms with van der Waals surface area (Å²) >= 11 is 5.98. The van der Waals surface area contributed by atoms with Crippen molar-refractivity contribution in [1.82, 2.24) is 30.4 Å². The van der Waals surface area contributed by atoms with E-state index in [0.29, 0.717) is 36.9 Å². The highest BCUT2D eigenvalue weighted by atomic mass is 35.5. The van der Waals surface area contributed by atoms with Crippen molar-refractivity contribution in [3.05, 3.63) is 52.9 Å². The molecule has 1 amide bonds. The molecule has 1 atom stereocenters. The lowest BCUT2D eigenvalue weighted by atomic mass is 10.0. The Labute approximate surface area is 168 Å². The van der Waals surface area contributed by atoms with Gasteiger partial charge in [-0.2, -0.15) is 5.10 Å². The minimum absolute atomic E-state index is 0.0164. The molecule has 3 heterocycles. The molecule has 0 saturated carbocycles. The van der Waals surface area contributed by atoms with Gasteiger partial charge in [-0.1, -0.05) is 23.7 Å². The molecule has 1 fully saturated rings. The van der Waals surface area contributed by atoms with E-state index in [1.54, 1.807) is 12.4 Å². The van der Waals surface area contributed by atoms with Crippen LogP contribution in [0.3, 0.4) is 0 Å². The first-order valence-corrected chi connectivity index (χ1v) is 9.98. The highest BCUT2D eigenvalue weighted by Gasteiger charge is 2.24. The molecule has 2 aromatic heterocycles. The summed E-state index contributed by atoms with van der Waals surface area (Å²) in [6, 6.07) is 7.60. The Morgan fingerprint density at radius 2 is 2.21 bits per heavy atom. The van der Waals surface area contributed by atoms with Gasteiger partial charge >= 0.3 is 0 Å². The van der Waals surface area contributed by atoms with E-state index in [-0.39, 0.29) is 5.91 Å². The smallest absolute Gasteiger partial charge is 0.220 e. The number of halogens is 1. The van der Waals surface area contributed by atoms with E-state index < -0.39 is 0 Å². The Morgan fingerprint density at radius 1 is 1.32 bits per heavy atom. The largest absolute Gasteiger partial charge is 0.354 e. The summed E-state index contributed by atoms with van der Waals surface area (Å²) in [5.41, 5.74) is 3.70. The Hall–Kier alpha value is -2.51. The average Bonchev–Trinajstić information content (AvgIpc) is 3.35. The fourth-order valence-electron chi connectivity index (χ4n) is 3.58. The summed E-state index contributed by atoms with van der Waals surface area (Å²) in [5.74, 6) is 0.385. The number of rotatable bonds is 7. The molecule has 7 nitrogen and oxygen atoms in total. The van der Waals surface area contributed by atoms with Crippen molar-refractivity contribution in [1.29, 1.82) is 0 Å². The molecule has 1 aromatic carbocycles. The first-order valence-electron chi connectivity index (χ1n) is 9.60. The zero-order valence-electron chi connectivity index (χ0n) is 15.6. The van der Waals surface area contributed by atoms with Crippen molar-refractivity contribution in [3.63, 3.8) is 0 Å². The molecule has 0 bridgehead atoms. The number of fused-ring (bicyclic) bond motifs is 1. The van der Waals surface area contributed by atoms with Gasteiger partial charge in [-0.25, -0.2) is 14.6 Å². The topological polar surface area (TPSA) is 84.7 Å². The first-order chi connectivity index (χ1) is 13.7. The third-order valence-corrected chi connectivity index (χ3v) is 5.25. The number of carbonyl (C=O) groups is 1. The second-order valence-corrected chi connectivity index (χ2v) is 7.44. The molecule has 1 saturated heterocycles. The van der Waals surface area contributed by atoms with Crippen molar-refractivity contribution < 1.29 is 4.79 Å². The van der Waals surface area contributed by atoms with Crippen molar-refractivity contribution in [2.45, 2.75) is 31.7 Å². The lowest BCUT2D eigenvalue weighted by Gasteiger charge is -2.07. The molecule has 28 heavy (non-hydrogen) atoms. The highest BCUT2D eigenvalue weighted by Crippen LogP contribution is 2.26. The molecule has 0 radical (unpaired) electrons. The van der Waals surface area contributed by atoms with Crippen LogP contribution in [0.15, 0.2) is 36.7 Å². The van der Waals surface area contributed by atoms with Crippen LogP contribution in [0.4, 0.5) is 0 Å². The summed E-state index contributed by atoms with van der Waals surface area (Å²) in [5, 5.41) is 11.8. The van der Waals surface area contributed by atoms with E-state index in [0.717, 1.165) is 41.9 Å². The summed E-state index contributed by atoms with van der Waals surface area (Å²) in [7, 11) is 0. The molecular weight excluding hydrogens is 376 g/mol. The fraction of sp³-hybridized carbons (Fsp3) is 0.400. The number of nitrogens with one attached hydrogen (secondary N) is 2. The van der Waals surface area contributed by atoms with Crippen LogP contribution in [0.2, 0.25) is 5.02 Å².